The predicted molar refractivity (Wildman–Crippen MR) is 132 cm³/mol. The van der Waals surface area contributed by atoms with Crippen molar-refractivity contribution in [2.24, 2.45) is 0 Å². The number of para-hydroxylation sites is 2. The number of aromatic nitrogens is 4. The van der Waals surface area contributed by atoms with Gasteiger partial charge in [0.1, 0.15) is 35.5 Å². The number of nitrogens with zero attached hydrogens (tertiary/aromatic N) is 4. The molecule has 2 saturated heterocycles. The summed E-state index contributed by atoms with van der Waals surface area (Å²) in [5.74, 6) is 2.04. The van der Waals surface area contributed by atoms with E-state index in [1.165, 1.54) is 0 Å². The molecule has 2 N–H and O–H groups in total. The van der Waals surface area contributed by atoms with E-state index >= 15 is 0 Å². The largest absolute Gasteiger partial charge is 0.457 e. The van der Waals surface area contributed by atoms with E-state index < -0.39 is 0 Å². The van der Waals surface area contributed by atoms with Crippen LogP contribution in [0.1, 0.15) is 6.04 Å². The van der Waals surface area contributed by atoms with Gasteiger partial charge in [-0.3, -0.25) is 0 Å². The summed E-state index contributed by atoms with van der Waals surface area (Å²) in [5, 5.41) is 17.6. The minimum Gasteiger partial charge on any atom is -0.457 e. The van der Waals surface area contributed by atoms with Crippen molar-refractivity contribution in [1.29, 1.82) is 0 Å². The Hall–Kier alpha value is -4.48. The molecule has 0 bridgehead atoms. The molecule has 0 spiro atoms. The van der Waals surface area contributed by atoms with Gasteiger partial charge in [-0.2, -0.15) is 4.68 Å². The summed E-state index contributed by atoms with van der Waals surface area (Å²) in [6.07, 6.45) is -0.674. The molecule has 0 saturated carbocycles. The molecule has 4 unspecified atom stereocenters. The summed E-state index contributed by atoms with van der Waals surface area (Å²) in [4.78, 5) is 12.7. The number of carbonyl (C=O) groups excluding carboxylic acids is 1. The second kappa shape index (κ2) is 10.2. The summed E-state index contributed by atoms with van der Waals surface area (Å²) < 4.78 is 25.2. The average Bonchev–Trinajstić information content (AvgIpc) is 3.64. The number of urea groups is 1. The minimum absolute atomic E-state index is 0.248. The number of amides is 2. The molecule has 4 aromatic rings. The van der Waals surface area contributed by atoms with Crippen LogP contribution in [0.15, 0.2) is 84.9 Å². The summed E-state index contributed by atoms with van der Waals surface area (Å²) in [7, 11) is 0. The van der Waals surface area contributed by atoms with E-state index in [-0.39, 0.29) is 36.3 Å². The zero-order valence-corrected chi connectivity index (χ0v) is 19.6. The molecule has 37 heavy (non-hydrogen) atoms. The van der Waals surface area contributed by atoms with Crippen molar-refractivity contribution in [3.8, 4) is 23.3 Å². The molecular weight excluding hydrogens is 476 g/mol. The highest BCUT2D eigenvalue weighted by molar-refractivity contribution is 5.89. The van der Waals surface area contributed by atoms with Gasteiger partial charge < -0.3 is 29.6 Å². The molecule has 2 aliphatic heterocycles. The number of hydrogen-bond donors (Lipinski definition) is 2. The van der Waals surface area contributed by atoms with E-state index in [9.17, 15) is 4.79 Å². The number of anilines is 1. The maximum atomic E-state index is 12.7. The number of benzene rings is 3. The average molecular weight is 501 g/mol. The quantitative estimate of drug-likeness (QED) is 0.393. The highest BCUT2D eigenvalue weighted by atomic mass is 16.6. The molecule has 4 atom stereocenters. The Morgan fingerprint density at radius 3 is 2.19 bits per heavy atom. The van der Waals surface area contributed by atoms with Crippen LogP contribution in [-0.4, -0.2) is 57.7 Å². The number of nitrogens with one attached hydrogen (secondary N) is 2. The van der Waals surface area contributed by atoms with Gasteiger partial charge in [0.05, 0.1) is 19.3 Å². The van der Waals surface area contributed by atoms with E-state index in [4.69, 9.17) is 18.9 Å². The van der Waals surface area contributed by atoms with Gasteiger partial charge in [0.2, 0.25) is 0 Å². The van der Waals surface area contributed by atoms with Gasteiger partial charge in [-0.05, 0) is 59.0 Å². The molecule has 11 nitrogen and oxygen atoms in total. The maximum absolute atomic E-state index is 12.7. The van der Waals surface area contributed by atoms with Gasteiger partial charge in [-0.15, -0.1) is 0 Å². The number of carbonyl (C=O) groups is 1. The lowest BCUT2D eigenvalue weighted by molar-refractivity contribution is 0.0613. The van der Waals surface area contributed by atoms with Crippen LogP contribution in [0.4, 0.5) is 10.5 Å². The van der Waals surface area contributed by atoms with Crippen LogP contribution in [0.2, 0.25) is 0 Å². The first-order valence-corrected chi connectivity index (χ1v) is 11.9. The molecule has 11 heteroatoms. The van der Waals surface area contributed by atoms with Crippen LogP contribution in [0.25, 0.3) is 0 Å². The SMILES string of the molecule is O=C(Nc1ccc(Oc2ccccc2)cc1)NC1COC2C1OCC2n1nnnc1Oc1ccccc1. The third-order valence-corrected chi connectivity index (χ3v) is 6.16. The third-order valence-electron chi connectivity index (χ3n) is 6.16. The lowest BCUT2D eigenvalue weighted by Crippen LogP contribution is -2.45. The van der Waals surface area contributed by atoms with Crippen molar-refractivity contribution in [3.63, 3.8) is 0 Å². The standard InChI is InChI=1S/C26H24N6O5/c33-25(27-17-11-13-20(14-12-17)36-18-7-3-1-4-8-18)28-21-15-34-24-22(16-35-23(21)24)32-26(29-30-31-32)37-19-9-5-2-6-10-19/h1-14,21-24H,15-16H2,(H2,27,28,33). The van der Waals surface area contributed by atoms with Crippen LogP contribution in [0.5, 0.6) is 23.3 Å². The Morgan fingerprint density at radius 1 is 0.811 bits per heavy atom. The lowest BCUT2D eigenvalue weighted by atomic mass is 10.1. The number of hydrogen-bond acceptors (Lipinski definition) is 8. The molecule has 3 heterocycles. The fraction of sp³-hybridized carbons (Fsp3) is 0.231. The van der Waals surface area contributed by atoms with Crippen LogP contribution in [0, 0.1) is 0 Å². The molecule has 0 aliphatic carbocycles. The summed E-state index contributed by atoms with van der Waals surface area (Å²) >= 11 is 0. The van der Waals surface area contributed by atoms with E-state index in [0.717, 1.165) is 5.75 Å². The summed E-state index contributed by atoms with van der Waals surface area (Å²) in [5.41, 5.74) is 0.634. The van der Waals surface area contributed by atoms with Gasteiger partial charge in [-0.25, -0.2) is 4.79 Å². The predicted octanol–water partition coefficient (Wildman–Crippen LogP) is 3.79. The zero-order chi connectivity index (χ0) is 25.0. The van der Waals surface area contributed by atoms with Crippen molar-refractivity contribution in [1.82, 2.24) is 25.5 Å². The van der Waals surface area contributed by atoms with Crippen LogP contribution in [-0.2, 0) is 9.47 Å². The van der Waals surface area contributed by atoms with Gasteiger partial charge in [0.15, 0.2) is 0 Å². The molecule has 2 amide bonds. The molecule has 2 aliphatic rings. The number of tetrazole rings is 1. The Labute approximate surface area is 212 Å². The molecule has 1 aromatic heterocycles. The van der Waals surface area contributed by atoms with Gasteiger partial charge in [0, 0.05) is 5.69 Å². The van der Waals surface area contributed by atoms with Gasteiger partial charge in [-0.1, -0.05) is 41.5 Å². The Bertz CT molecular complexity index is 1330. The highest BCUT2D eigenvalue weighted by Gasteiger charge is 2.50. The Morgan fingerprint density at radius 2 is 1.46 bits per heavy atom. The van der Waals surface area contributed by atoms with Crippen molar-refractivity contribution < 1.29 is 23.7 Å². The van der Waals surface area contributed by atoms with E-state index in [2.05, 4.69) is 26.2 Å². The summed E-state index contributed by atoms with van der Waals surface area (Å²) in [6, 6.07) is 25.2. The minimum atomic E-state index is -0.353. The first kappa shape index (κ1) is 23.0. The fourth-order valence-electron chi connectivity index (χ4n) is 4.43. The van der Waals surface area contributed by atoms with Gasteiger partial charge >= 0.3 is 12.0 Å². The van der Waals surface area contributed by atoms with Crippen LogP contribution >= 0.6 is 0 Å². The normalized spacial score (nSPS) is 22.3. The smallest absolute Gasteiger partial charge is 0.341 e. The van der Waals surface area contributed by atoms with Crippen molar-refractivity contribution in [2.45, 2.75) is 24.3 Å². The first-order chi connectivity index (χ1) is 18.2. The van der Waals surface area contributed by atoms with Crippen LogP contribution < -0.4 is 20.1 Å². The first-order valence-electron chi connectivity index (χ1n) is 11.9. The van der Waals surface area contributed by atoms with Crippen molar-refractivity contribution in [2.75, 3.05) is 18.5 Å². The maximum Gasteiger partial charge on any atom is 0.341 e. The van der Waals surface area contributed by atoms with Crippen LogP contribution in [0.3, 0.4) is 0 Å². The third kappa shape index (κ3) is 5.08. The topological polar surface area (TPSA) is 122 Å². The Balaban J connectivity index is 1.04. The number of fused-ring (bicyclic) bond motifs is 1. The second-order valence-corrected chi connectivity index (χ2v) is 8.63. The molecular formula is C26H24N6O5. The van der Waals surface area contributed by atoms with Gasteiger partial charge in [0.25, 0.3) is 0 Å². The lowest BCUT2D eigenvalue weighted by Gasteiger charge is -2.18. The molecule has 2 fully saturated rings. The molecule has 6 rings (SSSR count). The second-order valence-electron chi connectivity index (χ2n) is 8.63. The Kier molecular flexibility index (Phi) is 6.36. The molecule has 3 aromatic carbocycles. The summed E-state index contributed by atoms with van der Waals surface area (Å²) in [6.45, 7) is 0.633. The number of ether oxygens (including phenoxy) is 4. The highest BCUT2D eigenvalue weighted by Crippen LogP contribution is 2.36. The molecule has 0 radical (unpaired) electrons. The van der Waals surface area contributed by atoms with E-state index in [0.29, 0.717) is 30.4 Å². The zero-order valence-electron chi connectivity index (χ0n) is 19.6. The van der Waals surface area contributed by atoms with E-state index in [1.807, 2.05) is 60.7 Å². The van der Waals surface area contributed by atoms with Crippen molar-refractivity contribution in [3.05, 3.63) is 84.9 Å². The number of rotatable bonds is 7. The van der Waals surface area contributed by atoms with Crippen molar-refractivity contribution >= 4 is 11.7 Å². The molecule has 188 valence electrons. The monoisotopic (exact) mass is 500 g/mol. The van der Waals surface area contributed by atoms with E-state index in [1.54, 1.807) is 28.9 Å². The fourth-order valence-corrected chi connectivity index (χ4v) is 4.43.